The van der Waals surface area contributed by atoms with Crippen LogP contribution in [0.3, 0.4) is 0 Å². The van der Waals surface area contributed by atoms with Crippen LogP contribution in [0.15, 0.2) is 30.4 Å². The second-order valence-electron chi connectivity index (χ2n) is 4.87. The molecule has 0 aromatic heterocycles. The van der Waals surface area contributed by atoms with Crippen molar-refractivity contribution in [1.29, 1.82) is 0 Å². The van der Waals surface area contributed by atoms with Crippen molar-refractivity contribution in [2.45, 2.75) is 12.8 Å². The Labute approximate surface area is 122 Å². The van der Waals surface area contributed by atoms with Gasteiger partial charge < -0.3 is 20.3 Å². The first-order valence-corrected chi connectivity index (χ1v) is 6.58. The number of ether oxygens (including phenoxy) is 1. The van der Waals surface area contributed by atoms with Gasteiger partial charge in [0.1, 0.15) is 0 Å². The van der Waals surface area contributed by atoms with E-state index in [2.05, 4.69) is 5.32 Å². The van der Waals surface area contributed by atoms with Gasteiger partial charge in [-0.3, -0.25) is 9.59 Å². The Morgan fingerprint density at radius 2 is 1.90 bits per heavy atom. The molecule has 1 aliphatic rings. The van der Waals surface area contributed by atoms with Gasteiger partial charge in [-0.25, -0.2) is 0 Å². The summed E-state index contributed by atoms with van der Waals surface area (Å²) in [6.07, 6.45) is 4.34. The molecule has 6 heteroatoms. The lowest BCUT2D eigenvalue weighted by atomic mass is 9.82. The summed E-state index contributed by atoms with van der Waals surface area (Å²) < 4.78 is 4.92. The van der Waals surface area contributed by atoms with Gasteiger partial charge in [0.15, 0.2) is 11.5 Å². The van der Waals surface area contributed by atoms with Crippen LogP contribution in [0.5, 0.6) is 11.5 Å². The minimum atomic E-state index is -0.975. The van der Waals surface area contributed by atoms with E-state index in [1.54, 1.807) is 12.1 Å². The van der Waals surface area contributed by atoms with Gasteiger partial charge in [-0.05, 0) is 25.0 Å². The fraction of sp³-hybridized carbons (Fsp3) is 0.333. The van der Waals surface area contributed by atoms with Crippen molar-refractivity contribution in [2.75, 3.05) is 12.4 Å². The third-order valence-electron chi connectivity index (χ3n) is 3.53. The van der Waals surface area contributed by atoms with Crippen LogP contribution < -0.4 is 10.1 Å². The van der Waals surface area contributed by atoms with Crippen molar-refractivity contribution < 1.29 is 24.5 Å². The van der Waals surface area contributed by atoms with Crippen LogP contribution in [0, 0.1) is 11.8 Å². The number of aliphatic carboxylic acids is 1. The fourth-order valence-electron chi connectivity index (χ4n) is 2.38. The number of rotatable bonds is 4. The quantitative estimate of drug-likeness (QED) is 0.737. The van der Waals surface area contributed by atoms with Crippen molar-refractivity contribution in [3.8, 4) is 11.5 Å². The van der Waals surface area contributed by atoms with Crippen molar-refractivity contribution in [3.63, 3.8) is 0 Å². The zero-order chi connectivity index (χ0) is 15.4. The lowest BCUT2D eigenvalue weighted by molar-refractivity contribution is -0.146. The molecule has 1 aromatic rings. The van der Waals surface area contributed by atoms with Crippen molar-refractivity contribution in [1.82, 2.24) is 0 Å². The number of hydrogen-bond donors (Lipinski definition) is 3. The number of phenols is 1. The summed E-state index contributed by atoms with van der Waals surface area (Å²) in [5.41, 5.74) is 0.400. The van der Waals surface area contributed by atoms with Gasteiger partial charge in [0.05, 0.1) is 18.9 Å². The smallest absolute Gasteiger partial charge is 0.307 e. The number of amides is 1. The number of allylic oxidation sites excluding steroid dienone is 2. The lowest BCUT2D eigenvalue weighted by Crippen LogP contribution is -2.34. The Balaban J connectivity index is 2.11. The van der Waals surface area contributed by atoms with E-state index < -0.39 is 17.8 Å². The number of hydrogen-bond acceptors (Lipinski definition) is 4. The van der Waals surface area contributed by atoms with E-state index in [-0.39, 0.29) is 11.7 Å². The molecule has 0 bridgehead atoms. The molecule has 0 saturated carbocycles. The molecule has 0 unspecified atom stereocenters. The number of benzene rings is 1. The van der Waals surface area contributed by atoms with Gasteiger partial charge in [0.2, 0.25) is 5.91 Å². The molecule has 0 aliphatic heterocycles. The zero-order valence-electron chi connectivity index (χ0n) is 11.6. The summed E-state index contributed by atoms with van der Waals surface area (Å²) in [6, 6.07) is 4.48. The topological polar surface area (TPSA) is 95.9 Å². The third kappa shape index (κ3) is 3.34. The number of aromatic hydroxyl groups is 1. The van der Waals surface area contributed by atoms with E-state index in [4.69, 9.17) is 9.84 Å². The van der Waals surface area contributed by atoms with Gasteiger partial charge in [0.25, 0.3) is 0 Å². The first-order valence-electron chi connectivity index (χ1n) is 6.58. The predicted octanol–water partition coefficient (Wildman–Crippen LogP) is 2.01. The van der Waals surface area contributed by atoms with Gasteiger partial charge in [-0.2, -0.15) is 0 Å². The molecule has 1 aromatic carbocycles. The Kier molecular flexibility index (Phi) is 4.47. The van der Waals surface area contributed by atoms with Crippen LogP contribution in [-0.2, 0) is 9.59 Å². The highest BCUT2D eigenvalue weighted by atomic mass is 16.5. The molecule has 0 spiro atoms. The number of carboxylic acid groups (broad SMARTS) is 1. The van der Waals surface area contributed by atoms with E-state index in [0.29, 0.717) is 24.3 Å². The maximum Gasteiger partial charge on any atom is 0.307 e. The molecule has 0 fully saturated rings. The summed E-state index contributed by atoms with van der Waals surface area (Å²) in [7, 11) is 1.43. The molecule has 0 saturated heterocycles. The Bertz CT molecular complexity index is 581. The minimum absolute atomic E-state index is 0.0892. The number of carboxylic acids is 1. The molecular formula is C15H17NO5. The molecular weight excluding hydrogens is 274 g/mol. The van der Waals surface area contributed by atoms with Gasteiger partial charge in [-0.1, -0.05) is 12.2 Å². The third-order valence-corrected chi connectivity index (χ3v) is 3.53. The number of phenolic OH excluding ortho intramolecular Hbond substituents is 1. The zero-order valence-corrected chi connectivity index (χ0v) is 11.6. The standard InChI is InChI=1S/C15H17NO5/c1-21-13-7-6-9(8-12(13)17)16-14(18)10-4-2-3-5-11(10)15(19)20/h2-3,6-8,10-11,17H,4-5H2,1H3,(H,16,18)(H,19,20)/t10-,11+/m0/s1. The van der Waals surface area contributed by atoms with E-state index in [9.17, 15) is 14.7 Å². The van der Waals surface area contributed by atoms with Crippen molar-refractivity contribution >= 4 is 17.6 Å². The van der Waals surface area contributed by atoms with E-state index >= 15 is 0 Å². The van der Waals surface area contributed by atoms with Crippen LogP contribution >= 0.6 is 0 Å². The highest BCUT2D eigenvalue weighted by Crippen LogP contribution is 2.30. The first kappa shape index (κ1) is 14.9. The predicted molar refractivity (Wildman–Crippen MR) is 76.3 cm³/mol. The number of nitrogens with one attached hydrogen (secondary N) is 1. The fourth-order valence-corrected chi connectivity index (χ4v) is 2.38. The molecule has 1 aliphatic carbocycles. The van der Waals surface area contributed by atoms with Crippen LogP contribution in [0.1, 0.15) is 12.8 Å². The maximum atomic E-state index is 12.2. The second kappa shape index (κ2) is 6.30. The van der Waals surface area contributed by atoms with Crippen LogP contribution in [0.2, 0.25) is 0 Å². The molecule has 112 valence electrons. The summed E-state index contributed by atoms with van der Waals surface area (Å²) >= 11 is 0. The molecule has 0 radical (unpaired) electrons. The molecule has 21 heavy (non-hydrogen) atoms. The summed E-state index contributed by atoms with van der Waals surface area (Å²) in [5, 5.41) is 21.5. The van der Waals surface area contributed by atoms with Crippen LogP contribution in [0.25, 0.3) is 0 Å². The Morgan fingerprint density at radius 3 is 2.48 bits per heavy atom. The molecule has 2 atom stereocenters. The minimum Gasteiger partial charge on any atom is -0.504 e. The Hall–Kier alpha value is -2.50. The first-order chi connectivity index (χ1) is 10.0. The average molecular weight is 291 g/mol. The molecule has 2 rings (SSSR count). The van der Waals surface area contributed by atoms with E-state index in [0.717, 1.165) is 0 Å². The molecule has 0 heterocycles. The van der Waals surface area contributed by atoms with E-state index in [1.165, 1.54) is 19.2 Å². The van der Waals surface area contributed by atoms with Crippen molar-refractivity contribution in [3.05, 3.63) is 30.4 Å². The Morgan fingerprint density at radius 1 is 1.24 bits per heavy atom. The monoisotopic (exact) mass is 291 g/mol. The van der Waals surface area contributed by atoms with Crippen LogP contribution in [0.4, 0.5) is 5.69 Å². The maximum absolute atomic E-state index is 12.2. The molecule has 6 nitrogen and oxygen atoms in total. The number of methoxy groups -OCH3 is 1. The van der Waals surface area contributed by atoms with Gasteiger partial charge >= 0.3 is 5.97 Å². The number of carbonyl (C=O) groups is 2. The summed E-state index contributed by atoms with van der Waals surface area (Å²) in [6.45, 7) is 0. The number of anilines is 1. The molecule has 3 N–H and O–H groups in total. The summed E-state index contributed by atoms with van der Waals surface area (Å²) in [4.78, 5) is 23.4. The van der Waals surface area contributed by atoms with Crippen LogP contribution in [-0.4, -0.2) is 29.2 Å². The molecule has 1 amide bonds. The summed E-state index contributed by atoms with van der Waals surface area (Å²) in [5.74, 6) is -2.46. The SMILES string of the molecule is COc1ccc(NC(=O)[C@H]2CC=CC[C@H]2C(=O)O)cc1O. The second-order valence-corrected chi connectivity index (χ2v) is 4.87. The van der Waals surface area contributed by atoms with Gasteiger partial charge in [0, 0.05) is 11.8 Å². The average Bonchev–Trinajstić information content (AvgIpc) is 2.47. The highest BCUT2D eigenvalue weighted by molar-refractivity contribution is 5.95. The highest BCUT2D eigenvalue weighted by Gasteiger charge is 2.33. The lowest BCUT2D eigenvalue weighted by Gasteiger charge is -2.24. The largest absolute Gasteiger partial charge is 0.504 e. The van der Waals surface area contributed by atoms with Crippen molar-refractivity contribution in [2.24, 2.45) is 11.8 Å². The normalized spacial score (nSPS) is 20.8. The number of carbonyl (C=O) groups excluding carboxylic acids is 1. The van der Waals surface area contributed by atoms with Gasteiger partial charge in [-0.15, -0.1) is 0 Å². The van der Waals surface area contributed by atoms with E-state index in [1.807, 2.05) is 6.08 Å².